The molecule has 1 saturated carbocycles. The van der Waals surface area contributed by atoms with Crippen molar-refractivity contribution in [1.29, 1.82) is 0 Å². The quantitative estimate of drug-likeness (QED) is 0.815. The molecule has 2 fully saturated rings. The first-order chi connectivity index (χ1) is 9.15. The van der Waals surface area contributed by atoms with E-state index in [2.05, 4.69) is 6.92 Å². The van der Waals surface area contributed by atoms with Gasteiger partial charge in [0.25, 0.3) is 0 Å². The van der Waals surface area contributed by atoms with E-state index >= 15 is 0 Å². The highest BCUT2D eigenvalue weighted by Gasteiger charge is 2.37. The van der Waals surface area contributed by atoms with Crippen molar-refractivity contribution in [3.05, 3.63) is 0 Å². The van der Waals surface area contributed by atoms with Crippen LogP contribution in [-0.4, -0.2) is 41.1 Å². The van der Waals surface area contributed by atoms with Crippen molar-refractivity contribution in [3.8, 4) is 0 Å². The number of amides is 1. The summed E-state index contributed by atoms with van der Waals surface area (Å²) in [5.41, 5.74) is 6.12. The largest absolute Gasteiger partial charge is 0.396 e. The molecular formula is C15H28N2O2. The molecule has 3 N–H and O–H groups in total. The van der Waals surface area contributed by atoms with E-state index in [-0.39, 0.29) is 30.5 Å². The van der Waals surface area contributed by atoms with Crippen LogP contribution in [0, 0.1) is 11.8 Å². The summed E-state index contributed by atoms with van der Waals surface area (Å²) in [6, 6.07) is 0.417. The Morgan fingerprint density at radius 2 is 2.05 bits per heavy atom. The molecule has 2 rings (SSSR count). The number of nitrogens with zero attached hydrogens (tertiary/aromatic N) is 1. The number of rotatable bonds is 3. The highest BCUT2D eigenvalue weighted by molar-refractivity contribution is 5.79. The van der Waals surface area contributed by atoms with Gasteiger partial charge in [0, 0.05) is 31.2 Å². The molecule has 4 atom stereocenters. The number of nitrogens with two attached hydrogens (primary N) is 1. The highest BCUT2D eigenvalue weighted by Crippen LogP contribution is 2.32. The van der Waals surface area contributed by atoms with Gasteiger partial charge < -0.3 is 15.7 Å². The molecule has 0 aromatic heterocycles. The van der Waals surface area contributed by atoms with Crippen LogP contribution in [0.5, 0.6) is 0 Å². The first-order valence-corrected chi connectivity index (χ1v) is 7.82. The molecule has 1 aliphatic carbocycles. The molecule has 0 aromatic carbocycles. The van der Waals surface area contributed by atoms with Crippen LogP contribution in [0.4, 0.5) is 0 Å². The molecular weight excluding hydrogens is 240 g/mol. The Morgan fingerprint density at radius 1 is 1.26 bits per heavy atom. The van der Waals surface area contributed by atoms with Gasteiger partial charge in [-0.1, -0.05) is 13.3 Å². The van der Waals surface area contributed by atoms with Crippen LogP contribution in [0.15, 0.2) is 0 Å². The van der Waals surface area contributed by atoms with Gasteiger partial charge in [-0.25, -0.2) is 0 Å². The number of piperidine rings is 1. The summed E-state index contributed by atoms with van der Waals surface area (Å²) >= 11 is 0. The second kappa shape index (κ2) is 6.71. The SMILES string of the molecule is CC1C(N)CCCC1C(=O)N1CCCCC1CCO. The summed E-state index contributed by atoms with van der Waals surface area (Å²) in [7, 11) is 0. The zero-order valence-electron chi connectivity index (χ0n) is 12.1. The molecule has 1 aliphatic heterocycles. The monoisotopic (exact) mass is 268 g/mol. The van der Waals surface area contributed by atoms with Gasteiger partial charge in [0.15, 0.2) is 0 Å². The molecule has 4 nitrogen and oxygen atoms in total. The molecule has 2 aliphatic rings. The van der Waals surface area contributed by atoms with Crippen molar-refractivity contribution in [2.24, 2.45) is 17.6 Å². The van der Waals surface area contributed by atoms with Crippen LogP contribution in [0.3, 0.4) is 0 Å². The first-order valence-electron chi connectivity index (χ1n) is 7.82. The van der Waals surface area contributed by atoms with E-state index in [4.69, 9.17) is 10.8 Å². The number of hydrogen-bond acceptors (Lipinski definition) is 3. The van der Waals surface area contributed by atoms with Crippen molar-refractivity contribution < 1.29 is 9.90 Å². The van der Waals surface area contributed by atoms with Crippen molar-refractivity contribution in [2.75, 3.05) is 13.2 Å². The molecule has 1 heterocycles. The molecule has 1 saturated heterocycles. The lowest BCUT2D eigenvalue weighted by Gasteiger charge is -2.41. The van der Waals surface area contributed by atoms with Gasteiger partial charge in [0.05, 0.1) is 0 Å². The Kier molecular flexibility index (Phi) is 5.22. The standard InChI is InChI=1S/C15H28N2O2/c1-11-13(6-4-7-14(11)16)15(19)17-9-3-2-5-12(17)8-10-18/h11-14,18H,2-10,16H2,1H3. The van der Waals surface area contributed by atoms with Crippen LogP contribution >= 0.6 is 0 Å². The lowest BCUT2D eigenvalue weighted by Crippen LogP contribution is -2.51. The third kappa shape index (κ3) is 3.29. The number of hydrogen-bond donors (Lipinski definition) is 2. The number of carbonyl (C=O) groups excluding carboxylic acids is 1. The highest BCUT2D eigenvalue weighted by atomic mass is 16.3. The number of aliphatic hydroxyl groups is 1. The molecule has 19 heavy (non-hydrogen) atoms. The first kappa shape index (κ1) is 14.8. The second-order valence-electron chi connectivity index (χ2n) is 6.25. The normalized spacial score (nSPS) is 36.3. The molecule has 1 amide bonds. The van der Waals surface area contributed by atoms with E-state index in [0.717, 1.165) is 45.1 Å². The van der Waals surface area contributed by atoms with Crippen LogP contribution < -0.4 is 5.73 Å². The van der Waals surface area contributed by atoms with Crippen molar-refractivity contribution in [1.82, 2.24) is 4.90 Å². The van der Waals surface area contributed by atoms with E-state index in [1.165, 1.54) is 6.42 Å². The van der Waals surface area contributed by atoms with Crippen LogP contribution in [0.2, 0.25) is 0 Å². The molecule has 0 bridgehead atoms. The van der Waals surface area contributed by atoms with E-state index in [1.54, 1.807) is 0 Å². The van der Waals surface area contributed by atoms with Crippen molar-refractivity contribution >= 4 is 5.91 Å². The predicted molar refractivity (Wildman–Crippen MR) is 75.5 cm³/mol. The van der Waals surface area contributed by atoms with Gasteiger partial charge in [-0.3, -0.25) is 4.79 Å². The minimum absolute atomic E-state index is 0.100. The van der Waals surface area contributed by atoms with Crippen LogP contribution in [0.25, 0.3) is 0 Å². The predicted octanol–water partition coefficient (Wildman–Crippen LogP) is 1.51. The van der Waals surface area contributed by atoms with Crippen molar-refractivity contribution in [3.63, 3.8) is 0 Å². The summed E-state index contributed by atoms with van der Waals surface area (Å²) < 4.78 is 0. The van der Waals surface area contributed by atoms with Gasteiger partial charge in [-0.15, -0.1) is 0 Å². The fourth-order valence-electron chi connectivity index (χ4n) is 3.70. The smallest absolute Gasteiger partial charge is 0.226 e. The third-order valence-corrected chi connectivity index (χ3v) is 5.05. The molecule has 0 radical (unpaired) electrons. The van der Waals surface area contributed by atoms with E-state index in [0.29, 0.717) is 5.91 Å². The summed E-state index contributed by atoms with van der Waals surface area (Å²) in [5, 5.41) is 9.16. The maximum Gasteiger partial charge on any atom is 0.226 e. The third-order valence-electron chi connectivity index (χ3n) is 5.05. The molecule has 0 spiro atoms. The minimum Gasteiger partial charge on any atom is -0.396 e. The Labute approximate surface area is 116 Å². The fraction of sp³-hybridized carbons (Fsp3) is 0.933. The van der Waals surface area contributed by atoms with Gasteiger partial charge in [0.2, 0.25) is 5.91 Å². The van der Waals surface area contributed by atoms with Gasteiger partial charge >= 0.3 is 0 Å². The lowest BCUT2D eigenvalue weighted by atomic mass is 9.76. The van der Waals surface area contributed by atoms with E-state index < -0.39 is 0 Å². The Balaban J connectivity index is 2.03. The van der Waals surface area contributed by atoms with Gasteiger partial charge in [0.1, 0.15) is 0 Å². The zero-order chi connectivity index (χ0) is 13.8. The minimum atomic E-state index is 0.100. The summed E-state index contributed by atoms with van der Waals surface area (Å²) in [5.74, 6) is 0.682. The second-order valence-corrected chi connectivity index (χ2v) is 6.25. The zero-order valence-corrected chi connectivity index (χ0v) is 12.1. The Morgan fingerprint density at radius 3 is 2.79 bits per heavy atom. The summed E-state index contributed by atoms with van der Waals surface area (Å²) in [4.78, 5) is 14.8. The summed E-state index contributed by atoms with van der Waals surface area (Å²) in [6.07, 6.45) is 7.13. The maximum absolute atomic E-state index is 12.8. The summed E-state index contributed by atoms with van der Waals surface area (Å²) in [6.45, 7) is 3.16. The van der Waals surface area contributed by atoms with Crippen molar-refractivity contribution in [2.45, 2.75) is 64.0 Å². The topological polar surface area (TPSA) is 66.6 Å². The average molecular weight is 268 g/mol. The maximum atomic E-state index is 12.8. The van der Waals surface area contributed by atoms with Gasteiger partial charge in [-0.05, 0) is 44.4 Å². The van der Waals surface area contributed by atoms with E-state index in [9.17, 15) is 4.79 Å². The Bertz CT molecular complexity index is 307. The fourth-order valence-corrected chi connectivity index (χ4v) is 3.70. The van der Waals surface area contributed by atoms with E-state index in [1.807, 2.05) is 4.90 Å². The van der Waals surface area contributed by atoms with Gasteiger partial charge in [-0.2, -0.15) is 0 Å². The average Bonchev–Trinajstić information content (AvgIpc) is 2.42. The van der Waals surface area contributed by atoms with Crippen LogP contribution in [-0.2, 0) is 4.79 Å². The lowest BCUT2D eigenvalue weighted by molar-refractivity contribution is -0.142. The number of likely N-dealkylation sites (tertiary alicyclic amines) is 1. The number of aliphatic hydroxyl groups excluding tert-OH is 1. The van der Waals surface area contributed by atoms with Crippen LogP contribution in [0.1, 0.15) is 51.9 Å². The molecule has 110 valence electrons. The molecule has 0 aromatic rings. The molecule has 4 unspecified atom stereocenters. The molecule has 4 heteroatoms. The Hall–Kier alpha value is -0.610. The number of carbonyl (C=O) groups is 1.